The molecule has 1 rings (SSSR count). The van der Waals surface area contributed by atoms with E-state index in [0.717, 1.165) is 30.6 Å². The van der Waals surface area contributed by atoms with Gasteiger partial charge in [0, 0.05) is 18.0 Å². The molecule has 106 valence electrons. The normalized spacial score (nSPS) is 12.2. The molecule has 0 saturated carbocycles. The van der Waals surface area contributed by atoms with Gasteiger partial charge in [0.1, 0.15) is 5.75 Å². The van der Waals surface area contributed by atoms with Gasteiger partial charge in [-0.25, -0.2) is 0 Å². The molecule has 0 aliphatic heterocycles. The van der Waals surface area contributed by atoms with Gasteiger partial charge in [0.05, 0.1) is 6.61 Å². The summed E-state index contributed by atoms with van der Waals surface area (Å²) in [6.07, 6.45) is 2.94. The molecule has 0 aromatic heterocycles. The summed E-state index contributed by atoms with van der Waals surface area (Å²) in [4.78, 5) is 10.7. The Morgan fingerprint density at radius 2 is 2.11 bits per heavy atom. The van der Waals surface area contributed by atoms with Crippen LogP contribution in [0.25, 0.3) is 0 Å². The molecular formula is C15H24N2O2. The standard InChI is InChI=1S/C15H24N2O2/c1-3-19-14-9-8-11(2)10-12(14)13(16)6-4-5-7-15(17)18/h8-10,13H,3-7,16H2,1-2H3,(H2,17,18). The lowest BCUT2D eigenvalue weighted by Crippen LogP contribution is -2.13. The second-order valence-electron chi connectivity index (χ2n) is 4.79. The third-order valence-electron chi connectivity index (χ3n) is 3.05. The molecule has 4 nitrogen and oxygen atoms in total. The van der Waals surface area contributed by atoms with Crippen LogP contribution in [0.15, 0.2) is 18.2 Å². The third-order valence-corrected chi connectivity index (χ3v) is 3.05. The van der Waals surface area contributed by atoms with Crippen LogP contribution < -0.4 is 16.2 Å². The Bertz CT molecular complexity index is 419. The number of ether oxygens (including phenoxy) is 1. The van der Waals surface area contributed by atoms with Crippen LogP contribution in [0.2, 0.25) is 0 Å². The van der Waals surface area contributed by atoms with Gasteiger partial charge in [-0.2, -0.15) is 0 Å². The smallest absolute Gasteiger partial charge is 0.217 e. The van der Waals surface area contributed by atoms with Crippen LogP contribution in [0, 0.1) is 6.92 Å². The maximum absolute atomic E-state index is 10.7. The van der Waals surface area contributed by atoms with Crippen molar-refractivity contribution in [1.29, 1.82) is 0 Å². The highest BCUT2D eigenvalue weighted by Gasteiger charge is 2.12. The van der Waals surface area contributed by atoms with E-state index in [2.05, 4.69) is 6.07 Å². The van der Waals surface area contributed by atoms with Crippen molar-refractivity contribution in [2.45, 2.75) is 45.6 Å². The molecule has 0 aliphatic rings. The van der Waals surface area contributed by atoms with E-state index in [1.165, 1.54) is 5.56 Å². The van der Waals surface area contributed by atoms with Crippen molar-refractivity contribution < 1.29 is 9.53 Å². The number of primary amides is 1. The SMILES string of the molecule is CCOc1ccc(C)cc1C(N)CCCCC(N)=O. The fraction of sp³-hybridized carbons (Fsp3) is 0.533. The van der Waals surface area contributed by atoms with Crippen LogP contribution in [0.1, 0.15) is 49.8 Å². The first-order valence-corrected chi connectivity index (χ1v) is 6.81. The molecule has 0 fully saturated rings. The van der Waals surface area contributed by atoms with Crippen LogP contribution in [0.3, 0.4) is 0 Å². The van der Waals surface area contributed by atoms with Gasteiger partial charge in [-0.3, -0.25) is 4.79 Å². The zero-order chi connectivity index (χ0) is 14.3. The lowest BCUT2D eigenvalue weighted by atomic mass is 9.98. The lowest BCUT2D eigenvalue weighted by Gasteiger charge is -2.17. The minimum atomic E-state index is -0.251. The number of amides is 1. The molecule has 4 heteroatoms. The molecule has 1 atom stereocenters. The quantitative estimate of drug-likeness (QED) is 0.708. The Balaban J connectivity index is 2.61. The minimum Gasteiger partial charge on any atom is -0.494 e. The Morgan fingerprint density at radius 1 is 1.37 bits per heavy atom. The zero-order valence-corrected chi connectivity index (χ0v) is 11.8. The topological polar surface area (TPSA) is 78.3 Å². The van der Waals surface area contributed by atoms with Gasteiger partial charge in [0.15, 0.2) is 0 Å². The van der Waals surface area contributed by atoms with Crippen molar-refractivity contribution in [2.24, 2.45) is 11.5 Å². The number of aryl methyl sites for hydroxylation is 1. The highest BCUT2D eigenvalue weighted by molar-refractivity contribution is 5.73. The number of rotatable bonds is 8. The van der Waals surface area contributed by atoms with E-state index in [-0.39, 0.29) is 11.9 Å². The lowest BCUT2D eigenvalue weighted by molar-refractivity contribution is -0.118. The van der Waals surface area contributed by atoms with Gasteiger partial charge >= 0.3 is 0 Å². The maximum Gasteiger partial charge on any atom is 0.217 e. The molecular weight excluding hydrogens is 240 g/mol. The summed E-state index contributed by atoms with van der Waals surface area (Å²) in [5.41, 5.74) is 13.5. The van der Waals surface area contributed by atoms with Gasteiger partial charge in [0.25, 0.3) is 0 Å². The van der Waals surface area contributed by atoms with Crippen molar-refractivity contribution in [3.63, 3.8) is 0 Å². The van der Waals surface area contributed by atoms with Crippen LogP contribution in [-0.2, 0) is 4.79 Å². The number of carbonyl (C=O) groups is 1. The van der Waals surface area contributed by atoms with Crippen molar-refractivity contribution >= 4 is 5.91 Å². The fourth-order valence-electron chi connectivity index (χ4n) is 2.06. The number of benzene rings is 1. The predicted molar refractivity (Wildman–Crippen MR) is 76.9 cm³/mol. The zero-order valence-electron chi connectivity index (χ0n) is 11.8. The van der Waals surface area contributed by atoms with E-state index in [0.29, 0.717) is 13.0 Å². The van der Waals surface area contributed by atoms with Gasteiger partial charge in [-0.05, 0) is 32.8 Å². The van der Waals surface area contributed by atoms with E-state index in [1.807, 2.05) is 26.0 Å². The van der Waals surface area contributed by atoms with E-state index in [1.54, 1.807) is 0 Å². The Kier molecular flexibility index (Phi) is 6.36. The van der Waals surface area contributed by atoms with Crippen molar-refractivity contribution in [3.05, 3.63) is 29.3 Å². The van der Waals surface area contributed by atoms with Gasteiger partial charge in [0.2, 0.25) is 5.91 Å². The average molecular weight is 264 g/mol. The maximum atomic E-state index is 10.7. The second-order valence-corrected chi connectivity index (χ2v) is 4.79. The summed E-state index contributed by atoms with van der Waals surface area (Å²) >= 11 is 0. The molecule has 1 amide bonds. The molecule has 0 bridgehead atoms. The molecule has 1 aromatic carbocycles. The first-order valence-electron chi connectivity index (χ1n) is 6.81. The van der Waals surface area contributed by atoms with Crippen molar-refractivity contribution in [3.8, 4) is 5.75 Å². The van der Waals surface area contributed by atoms with E-state index >= 15 is 0 Å². The molecule has 0 aliphatic carbocycles. The summed E-state index contributed by atoms with van der Waals surface area (Å²) in [6, 6.07) is 6.00. The first kappa shape index (κ1) is 15.5. The number of nitrogens with two attached hydrogens (primary N) is 2. The highest BCUT2D eigenvalue weighted by Crippen LogP contribution is 2.28. The Labute approximate surface area is 115 Å². The summed E-state index contributed by atoms with van der Waals surface area (Å²) in [7, 11) is 0. The Hall–Kier alpha value is -1.55. The van der Waals surface area contributed by atoms with Gasteiger partial charge in [-0.1, -0.05) is 24.1 Å². The Morgan fingerprint density at radius 3 is 2.74 bits per heavy atom. The molecule has 19 heavy (non-hydrogen) atoms. The number of unbranched alkanes of at least 4 members (excludes halogenated alkanes) is 1. The van der Waals surface area contributed by atoms with Crippen molar-refractivity contribution in [1.82, 2.24) is 0 Å². The predicted octanol–water partition coefficient (Wildman–Crippen LogP) is 2.44. The molecule has 4 N–H and O–H groups in total. The second kappa shape index (κ2) is 7.79. The van der Waals surface area contributed by atoms with E-state index < -0.39 is 0 Å². The number of hydrogen-bond donors (Lipinski definition) is 2. The summed E-state index contributed by atoms with van der Waals surface area (Å²) < 4.78 is 5.60. The van der Waals surface area contributed by atoms with Crippen LogP contribution in [0.5, 0.6) is 5.75 Å². The fourth-order valence-corrected chi connectivity index (χ4v) is 2.06. The van der Waals surface area contributed by atoms with Crippen LogP contribution >= 0.6 is 0 Å². The number of carbonyl (C=O) groups excluding carboxylic acids is 1. The van der Waals surface area contributed by atoms with E-state index in [4.69, 9.17) is 16.2 Å². The van der Waals surface area contributed by atoms with Crippen molar-refractivity contribution in [2.75, 3.05) is 6.61 Å². The van der Waals surface area contributed by atoms with E-state index in [9.17, 15) is 4.79 Å². The van der Waals surface area contributed by atoms with Crippen LogP contribution in [-0.4, -0.2) is 12.5 Å². The highest BCUT2D eigenvalue weighted by atomic mass is 16.5. The van der Waals surface area contributed by atoms with Crippen LogP contribution in [0.4, 0.5) is 0 Å². The molecule has 0 heterocycles. The molecule has 1 aromatic rings. The molecule has 1 unspecified atom stereocenters. The summed E-state index contributed by atoms with van der Waals surface area (Å²) in [5.74, 6) is 0.606. The molecule has 0 saturated heterocycles. The third kappa shape index (κ3) is 5.30. The molecule has 0 spiro atoms. The largest absolute Gasteiger partial charge is 0.494 e. The first-order chi connectivity index (χ1) is 9.04. The summed E-state index contributed by atoms with van der Waals surface area (Å²) in [6.45, 7) is 4.63. The molecule has 0 radical (unpaired) electrons. The monoisotopic (exact) mass is 264 g/mol. The summed E-state index contributed by atoms with van der Waals surface area (Å²) in [5, 5.41) is 0. The number of hydrogen-bond acceptors (Lipinski definition) is 3. The van der Waals surface area contributed by atoms with Gasteiger partial charge in [-0.15, -0.1) is 0 Å². The van der Waals surface area contributed by atoms with Gasteiger partial charge < -0.3 is 16.2 Å². The average Bonchev–Trinajstić information content (AvgIpc) is 2.36. The minimum absolute atomic E-state index is 0.0608.